The van der Waals surface area contributed by atoms with E-state index < -0.39 is 0 Å². The number of hydrogen-bond acceptors (Lipinski definition) is 2. The number of methoxy groups -OCH3 is 1. The highest BCUT2D eigenvalue weighted by molar-refractivity contribution is 5.92. The number of nitrogens with two attached hydrogens (primary N) is 1. The molecule has 3 N–H and O–H groups in total. The quantitative estimate of drug-likeness (QED) is 0.672. The topological polar surface area (TPSA) is 59.6 Å². The molecule has 23 heavy (non-hydrogen) atoms. The largest absolute Gasteiger partial charge is 0.496 e. The predicted molar refractivity (Wildman–Crippen MR) is 95.1 cm³/mol. The monoisotopic (exact) mass is 309 g/mol. The number of guanidine groups is 1. The van der Waals surface area contributed by atoms with Crippen LogP contribution in [-0.2, 0) is 19.4 Å². The van der Waals surface area contributed by atoms with Crippen molar-refractivity contribution in [2.75, 3.05) is 12.4 Å². The van der Waals surface area contributed by atoms with Gasteiger partial charge in [-0.2, -0.15) is 0 Å². The van der Waals surface area contributed by atoms with Crippen molar-refractivity contribution in [1.29, 1.82) is 0 Å². The average molecular weight is 309 g/mol. The Kier molecular flexibility index (Phi) is 4.51. The van der Waals surface area contributed by atoms with E-state index in [9.17, 15) is 0 Å². The lowest BCUT2D eigenvalue weighted by molar-refractivity contribution is 0.411. The second-order valence-corrected chi connectivity index (χ2v) is 5.97. The lowest BCUT2D eigenvalue weighted by Crippen LogP contribution is -2.22. The van der Waals surface area contributed by atoms with E-state index in [2.05, 4.69) is 34.6 Å². The smallest absolute Gasteiger partial charge is 0.193 e. The summed E-state index contributed by atoms with van der Waals surface area (Å²) in [5, 5.41) is 3.18. The van der Waals surface area contributed by atoms with Crippen LogP contribution in [0.4, 0.5) is 5.69 Å². The number of ether oxygens (including phenoxy) is 1. The van der Waals surface area contributed by atoms with Crippen LogP contribution in [0.15, 0.2) is 41.4 Å². The molecule has 0 saturated heterocycles. The minimum Gasteiger partial charge on any atom is -0.496 e. The predicted octanol–water partition coefficient (Wildman–Crippen LogP) is 3.42. The van der Waals surface area contributed by atoms with Crippen LogP contribution in [0.25, 0.3) is 0 Å². The maximum atomic E-state index is 6.01. The van der Waals surface area contributed by atoms with E-state index in [1.54, 1.807) is 7.11 Å². The molecular formula is C19H23N3O. The standard InChI is InChI=1S/C19H23N3O/c1-13-10-14(6-9-18(13)23-2)12-21-19(20)22-17-8-7-15-4-3-5-16(15)11-17/h6-11H,3-5,12H2,1-2H3,(H3,20,21,22). The molecule has 0 amide bonds. The molecule has 1 aliphatic carbocycles. The zero-order valence-corrected chi connectivity index (χ0v) is 13.7. The fourth-order valence-electron chi connectivity index (χ4n) is 3.05. The third-order valence-electron chi connectivity index (χ3n) is 4.26. The Hall–Kier alpha value is -2.49. The van der Waals surface area contributed by atoms with Gasteiger partial charge in [0.1, 0.15) is 5.75 Å². The lowest BCUT2D eigenvalue weighted by Gasteiger charge is -2.09. The van der Waals surface area contributed by atoms with Crippen LogP contribution in [-0.4, -0.2) is 13.1 Å². The highest BCUT2D eigenvalue weighted by Crippen LogP contribution is 2.24. The van der Waals surface area contributed by atoms with Crippen molar-refractivity contribution in [3.05, 3.63) is 58.7 Å². The lowest BCUT2D eigenvalue weighted by atomic mass is 10.1. The fraction of sp³-hybridized carbons (Fsp3) is 0.316. The van der Waals surface area contributed by atoms with E-state index in [1.807, 2.05) is 19.1 Å². The molecule has 0 aliphatic heterocycles. The summed E-state index contributed by atoms with van der Waals surface area (Å²) in [5.74, 6) is 1.33. The summed E-state index contributed by atoms with van der Waals surface area (Å²) >= 11 is 0. The Morgan fingerprint density at radius 3 is 2.78 bits per heavy atom. The maximum Gasteiger partial charge on any atom is 0.193 e. The van der Waals surface area contributed by atoms with Gasteiger partial charge in [0.15, 0.2) is 5.96 Å². The summed E-state index contributed by atoms with van der Waals surface area (Å²) in [6.07, 6.45) is 3.60. The number of aliphatic imine (C=N–C) groups is 1. The molecule has 0 spiro atoms. The van der Waals surface area contributed by atoms with Gasteiger partial charge >= 0.3 is 0 Å². The van der Waals surface area contributed by atoms with Crippen molar-refractivity contribution < 1.29 is 4.74 Å². The third-order valence-corrected chi connectivity index (χ3v) is 4.26. The van der Waals surface area contributed by atoms with Gasteiger partial charge in [0.2, 0.25) is 0 Å². The summed E-state index contributed by atoms with van der Waals surface area (Å²) in [5.41, 5.74) is 12.1. The second kappa shape index (κ2) is 6.73. The first-order valence-corrected chi connectivity index (χ1v) is 7.98. The number of anilines is 1. The molecule has 120 valence electrons. The average Bonchev–Trinajstić information content (AvgIpc) is 3.01. The van der Waals surface area contributed by atoms with E-state index >= 15 is 0 Å². The van der Waals surface area contributed by atoms with Crippen LogP contribution in [0, 0.1) is 6.92 Å². The van der Waals surface area contributed by atoms with E-state index in [1.165, 1.54) is 24.0 Å². The van der Waals surface area contributed by atoms with Crippen LogP contribution in [0.1, 0.15) is 28.7 Å². The van der Waals surface area contributed by atoms with Gasteiger partial charge in [-0.1, -0.05) is 18.2 Å². The van der Waals surface area contributed by atoms with Crippen LogP contribution >= 0.6 is 0 Å². The van der Waals surface area contributed by atoms with Gasteiger partial charge in [-0.15, -0.1) is 0 Å². The zero-order valence-electron chi connectivity index (χ0n) is 13.7. The number of fused-ring (bicyclic) bond motifs is 1. The van der Waals surface area contributed by atoms with Gasteiger partial charge in [0, 0.05) is 5.69 Å². The van der Waals surface area contributed by atoms with Gasteiger partial charge in [-0.25, -0.2) is 4.99 Å². The fourth-order valence-corrected chi connectivity index (χ4v) is 3.05. The van der Waals surface area contributed by atoms with Gasteiger partial charge in [0.05, 0.1) is 13.7 Å². The van der Waals surface area contributed by atoms with Crippen LogP contribution < -0.4 is 15.8 Å². The SMILES string of the molecule is COc1ccc(CN=C(N)Nc2ccc3c(c2)CCC3)cc1C. The molecule has 0 bridgehead atoms. The van der Waals surface area contributed by atoms with Crippen molar-refractivity contribution in [3.63, 3.8) is 0 Å². The van der Waals surface area contributed by atoms with E-state index in [4.69, 9.17) is 10.5 Å². The molecule has 0 aromatic heterocycles. The van der Waals surface area contributed by atoms with Gasteiger partial charge < -0.3 is 15.8 Å². The summed E-state index contributed by atoms with van der Waals surface area (Å²) in [4.78, 5) is 4.42. The molecule has 2 aromatic rings. The number of nitrogens with zero attached hydrogens (tertiary/aromatic N) is 1. The molecule has 0 fully saturated rings. The molecule has 1 aliphatic rings. The van der Waals surface area contributed by atoms with E-state index in [0.29, 0.717) is 12.5 Å². The second-order valence-electron chi connectivity index (χ2n) is 5.97. The minimum atomic E-state index is 0.441. The molecule has 0 saturated carbocycles. The summed E-state index contributed by atoms with van der Waals surface area (Å²) < 4.78 is 5.27. The van der Waals surface area contributed by atoms with Crippen molar-refractivity contribution in [2.24, 2.45) is 10.7 Å². The van der Waals surface area contributed by atoms with Crippen molar-refractivity contribution in [2.45, 2.75) is 32.7 Å². The molecule has 0 unspecified atom stereocenters. The molecule has 3 rings (SSSR count). The third kappa shape index (κ3) is 3.65. The van der Waals surface area contributed by atoms with Crippen LogP contribution in [0.2, 0.25) is 0 Å². The minimum absolute atomic E-state index is 0.441. The number of hydrogen-bond donors (Lipinski definition) is 2. The molecule has 4 heteroatoms. The van der Waals surface area contributed by atoms with Gasteiger partial charge in [-0.3, -0.25) is 0 Å². The van der Waals surface area contributed by atoms with Gasteiger partial charge in [0.25, 0.3) is 0 Å². The van der Waals surface area contributed by atoms with E-state index in [-0.39, 0.29) is 0 Å². The molecule has 0 radical (unpaired) electrons. The normalized spacial score (nSPS) is 13.7. The highest BCUT2D eigenvalue weighted by Gasteiger charge is 2.10. The first-order valence-electron chi connectivity index (χ1n) is 7.98. The van der Waals surface area contributed by atoms with Crippen molar-refractivity contribution in [1.82, 2.24) is 0 Å². The Bertz CT molecular complexity index is 737. The van der Waals surface area contributed by atoms with Crippen molar-refractivity contribution in [3.8, 4) is 5.75 Å². The maximum absolute atomic E-state index is 6.01. The molecular weight excluding hydrogens is 286 g/mol. The molecule has 4 nitrogen and oxygen atoms in total. The first-order chi connectivity index (χ1) is 11.2. The Morgan fingerprint density at radius 2 is 2.00 bits per heavy atom. The summed E-state index contributed by atoms with van der Waals surface area (Å²) in [6.45, 7) is 2.58. The molecule has 0 heterocycles. The highest BCUT2D eigenvalue weighted by atomic mass is 16.5. The number of rotatable bonds is 4. The number of benzene rings is 2. The molecule has 0 atom stereocenters. The van der Waals surface area contributed by atoms with Gasteiger partial charge in [-0.05, 0) is 66.6 Å². The Labute approximate surface area is 137 Å². The zero-order chi connectivity index (χ0) is 16.2. The number of aryl methyl sites for hydroxylation is 3. The number of nitrogens with one attached hydrogen (secondary N) is 1. The van der Waals surface area contributed by atoms with Crippen molar-refractivity contribution >= 4 is 11.6 Å². The van der Waals surface area contributed by atoms with Crippen LogP contribution in [0.3, 0.4) is 0 Å². The Balaban J connectivity index is 1.65. The summed E-state index contributed by atoms with van der Waals surface area (Å²) in [7, 11) is 1.68. The van der Waals surface area contributed by atoms with Crippen LogP contribution in [0.5, 0.6) is 5.75 Å². The first kappa shape index (κ1) is 15.4. The Morgan fingerprint density at radius 1 is 1.17 bits per heavy atom. The van der Waals surface area contributed by atoms with E-state index in [0.717, 1.165) is 29.0 Å². The molecule has 2 aromatic carbocycles. The summed E-state index contributed by atoms with van der Waals surface area (Å²) in [6, 6.07) is 12.5.